The fraction of sp³-hybridized carbons (Fsp3) is 0.733. The Hall–Kier alpha value is -4.88. The van der Waals surface area contributed by atoms with Crippen LogP contribution >= 0.6 is 0 Å². The SMILES string of the molecule is CC[C@H](C)[C@H](NC(=O)[C@@H](N)CCCN=C(N)N)C(=O)N[C@@H](CC(C)C)C(=O)N[C@@H](CCCN=C(N)N)C(=O)N[C@@H](CCCN=C(N)N)C(=O)O. The van der Waals surface area contributed by atoms with E-state index in [1.807, 2.05) is 20.8 Å². The zero-order valence-corrected chi connectivity index (χ0v) is 29.7. The molecule has 0 radical (unpaired) electrons. The number of hydrogen-bond donors (Lipinski definition) is 12. The molecule has 50 heavy (non-hydrogen) atoms. The van der Waals surface area contributed by atoms with Crippen molar-refractivity contribution in [3.05, 3.63) is 0 Å². The monoisotopic (exact) mass is 712 g/mol. The smallest absolute Gasteiger partial charge is 0.326 e. The maximum Gasteiger partial charge on any atom is 0.326 e. The molecule has 0 aliphatic heterocycles. The fourth-order valence-corrected chi connectivity index (χ4v) is 4.66. The number of hydrogen-bond acceptors (Lipinski definition) is 9. The molecule has 4 amide bonds. The Morgan fingerprint density at radius 1 is 0.600 bits per heavy atom. The molecule has 19 N–H and O–H groups in total. The quantitative estimate of drug-likeness (QED) is 0.0250. The van der Waals surface area contributed by atoms with E-state index in [9.17, 15) is 29.1 Å². The van der Waals surface area contributed by atoms with Crippen molar-refractivity contribution in [3.63, 3.8) is 0 Å². The summed E-state index contributed by atoms with van der Waals surface area (Å²) in [4.78, 5) is 77.1. The molecule has 20 nitrogen and oxygen atoms in total. The third-order valence-electron chi connectivity index (χ3n) is 7.58. The van der Waals surface area contributed by atoms with Crippen LogP contribution in [0, 0.1) is 11.8 Å². The molecule has 0 rings (SSSR count). The Morgan fingerprint density at radius 2 is 1.02 bits per heavy atom. The highest BCUT2D eigenvalue weighted by atomic mass is 16.4. The van der Waals surface area contributed by atoms with E-state index in [4.69, 9.17) is 40.1 Å². The van der Waals surface area contributed by atoms with Crippen LogP contribution in [0.2, 0.25) is 0 Å². The van der Waals surface area contributed by atoms with Crippen molar-refractivity contribution in [1.82, 2.24) is 21.3 Å². The van der Waals surface area contributed by atoms with Gasteiger partial charge in [-0.1, -0.05) is 34.1 Å². The Morgan fingerprint density at radius 3 is 1.46 bits per heavy atom. The lowest BCUT2D eigenvalue weighted by Crippen LogP contribution is -2.59. The number of nitrogens with one attached hydrogen (secondary N) is 4. The Bertz CT molecular complexity index is 1180. The Labute approximate surface area is 293 Å². The van der Waals surface area contributed by atoms with Crippen molar-refractivity contribution in [1.29, 1.82) is 0 Å². The molecule has 20 heteroatoms. The summed E-state index contributed by atoms with van der Waals surface area (Å²) >= 11 is 0. The molecule has 0 aliphatic carbocycles. The van der Waals surface area contributed by atoms with Gasteiger partial charge in [-0.25, -0.2) is 4.79 Å². The average molecular weight is 713 g/mol. The highest BCUT2D eigenvalue weighted by molar-refractivity contribution is 5.95. The van der Waals surface area contributed by atoms with Crippen molar-refractivity contribution in [3.8, 4) is 0 Å². The standard InChI is InChI=1S/C30H60N14O6/c1-5-17(4)22(44-23(45)18(31)9-6-12-38-28(32)33)26(48)43-21(15-16(2)3)25(47)41-19(10-7-13-39-29(34)35)24(46)42-20(27(49)50)11-8-14-40-30(36)37/h16-22H,5-15,31H2,1-4H3,(H,41,47)(H,42,46)(H,43,48)(H,44,45)(H,49,50)(H4,32,33,38)(H4,34,35,39)(H4,36,37,40)/t17-,18-,19-,20-,21-,22-/m0/s1. The van der Waals surface area contributed by atoms with Crippen LogP contribution in [0.4, 0.5) is 0 Å². The van der Waals surface area contributed by atoms with E-state index in [0.717, 1.165) is 0 Å². The number of carbonyl (C=O) groups excluding carboxylic acids is 4. The van der Waals surface area contributed by atoms with E-state index in [2.05, 4.69) is 36.2 Å². The number of nitrogens with zero attached hydrogens (tertiary/aromatic N) is 3. The summed E-state index contributed by atoms with van der Waals surface area (Å²) in [6.45, 7) is 7.90. The van der Waals surface area contributed by atoms with Crippen LogP contribution in [-0.2, 0) is 24.0 Å². The number of aliphatic imine (C=N–C) groups is 3. The zero-order valence-electron chi connectivity index (χ0n) is 29.7. The van der Waals surface area contributed by atoms with Crippen molar-refractivity contribution in [2.45, 2.75) is 109 Å². The molecule has 0 saturated heterocycles. The lowest BCUT2D eigenvalue weighted by atomic mass is 9.96. The first-order valence-electron chi connectivity index (χ1n) is 16.7. The molecule has 0 saturated carbocycles. The summed E-state index contributed by atoms with van der Waals surface area (Å²) in [5.41, 5.74) is 38.1. The van der Waals surface area contributed by atoms with Crippen LogP contribution in [-0.4, -0.2) is 102 Å². The maximum absolute atomic E-state index is 13.7. The lowest BCUT2D eigenvalue weighted by Gasteiger charge is -2.29. The molecule has 0 spiro atoms. The third kappa shape index (κ3) is 19.8. The molecule has 0 bridgehead atoms. The number of carbonyl (C=O) groups is 5. The van der Waals surface area contributed by atoms with Gasteiger partial charge in [-0.15, -0.1) is 0 Å². The third-order valence-corrected chi connectivity index (χ3v) is 7.58. The predicted molar refractivity (Wildman–Crippen MR) is 192 cm³/mol. The number of carboxylic acids is 1. The molecule has 0 unspecified atom stereocenters. The second-order valence-electron chi connectivity index (χ2n) is 12.5. The molecular formula is C30H60N14O6. The minimum Gasteiger partial charge on any atom is -0.480 e. The van der Waals surface area contributed by atoms with Gasteiger partial charge < -0.3 is 66.5 Å². The Balaban J connectivity index is 5.99. The summed E-state index contributed by atoms with van der Waals surface area (Å²) in [6.07, 6.45) is 1.99. The number of amides is 4. The number of rotatable bonds is 25. The van der Waals surface area contributed by atoms with Gasteiger partial charge in [0, 0.05) is 19.6 Å². The topological polar surface area (TPSA) is 373 Å². The molecule has 0 aliphatic rings. The van der Waals surface area contributed by atoms with Gasteiger partial charge in [0.25, 0.3) is 0 Å². The van der Waals surface area contributed by atoms with Crippen LogP contribution in [0.25, 0.3) is 0 Å². The largest absolute Gasteiger partial charge is 0.480 e. The molecule has 6 atom stereocenters. The van der Waals surface area contributed by atoms with Crippen LogP contribution in [0.3, 0.4) is 0 Å². The normalized spacial score (nSPS) is 14.4. The summed E-state index contributed by atoms with van der Waals surface area (Å²) in [5.74, 6) is -4.67. The second kappa shape index (κ2) is 24.3. The van der Waals surface area contributed by atoms with E-state index in [1.165, 1.54) is 0 Å². The maximum atomic E-state index is 13.7. The van der Waals surface area contributed by atoms with Gasteiger partial charge in [-0.05, 0) is 56.8 Å². The number of carboxylic acid groups (broad SMARTS) is 1. The fourth-order valence-electron chi connectivity index (χ4n) is 4.66. The van der Waals surface area contributed by atoms with Gasteiger partial charge in [0.15, 0.2) is 17.9 Å². The predicted octanol–water partition coefficient (Wildman–Crippen LogP) is -3.41. The lowest BCUT2D eigenvalue weighted by molar-refractivity contribution is -0.142. The first-order valence-corrected chi connectivity index (χ1v) is 16.7. The summed E-state index contributed by atoms with van der Waals surface area (Å²) in [5, 5.41) is 20.3. The van der Waals surface area contributed by atoms with Crippen molar-refractivity contribution in [2.75, 3.05) is 19.6 Å². The molecule has 0 aromatic rings. The van der Waals surface area contributed by atoms with Gasteiger partial charge in [0.1, 0.15) is 24.2 Å². The highest BCUT2D eigenvalue weighted by Crippen LogP contribution is 2.12. The van der Waals surface area contributed by atoms with E-state index >= 15 is 0 Å². The molecule has 286 valence electrons. The van der Waals surface area contributed by atoms with Crippen LogP contribution in [0.1, 0.15) is 79.1 Å². The van der Waals surface area contributed by atoms with E-state index < -0.39 is 59.8 Å². The second-order valence-corrected chi connectivity index (χ2v) is 12.5. The van der Waals surface area contributed by atoms with Crippen LogP contribution in [0.15, 0.2) is 15.0 Å². The van der Waals surface area contributed by atoms with E-state index in [1.54, 1.807) is 6.92 Å². The van der Waals surface area contributed by atoms with Gasteiger partial charge in [0.05, 0.1) is 6.04 Å². The number of guanidine groups is 3. The van der Waals surface area contributed by atoms with Crippen molar-refractivity contribution >= 4 is 47.5 Å². The van der Waals surface area contributed by atoms with Crippen molar-refractivity contribution < 1.29 is 29.1 Å². The van der Waals surface area contributed by atoms with Crippen LogP contribution < -0.4 is 61.4 Å². The van der Waals surface area contributed by atoms with E-state index in [-0.39, 0.29) is 87.9 Å². The summed E-state index contributed by atoms with van der Waals surface area (Å²) in [6, 6.07) is -5.56. The highest BCUT2D eigenvalue weighted by Gasteiger charge is 2.33. The minimum atomic E-state index is -1.29. The molecular weight excluding hydrogens is 652 g/mol. The molecule has 0 heterocycles. The Kier molecular flexibility index (Phi) is 21.9. The van der Waals surface area contributed by atoms with E-state index in [0.29, 0.717) is 12.8 Å². The number of nitrogens with two attached hydrogens (primary N) is 7. The molecule has 0 fully saturated rings. The molecule has 0 aromatic carbocycles. The average Bonchev–Trinajstić information content (AvgIpc) is 3.02. The van der Waals surface area contributed by atoms with Crippen molar-refractivity contribution in [2.24, 2.45) is 66.9 Å². The van der Waals surface area contributed by atoms with Gasteiger partial charge >= 0.3 is 5.97 Å². The first-order chi connectivity index (χ1) is 23.4. The van der Waals surface area contributed by atoms with Crippen LogP contribution in [0.5, 0.6) is 0 Å². The van der Waals surface area contributed by atoms with Gasteiger partial charge in [-0.2, -0.15) is 0 Å². The summed E-state index contributed by atoms with van der Waals surface area (Å²) < 4.78 is 0. The zero-order chi connectivity index (χ0) is 38.4. The minimum absolute atomic E-state index is 0.0151. The van der Waals surface area contributed by atoms with Gasteiger partial charge in [0.2, 0.25) is 23.6 Å². The first kappa shape index (κ1) is 45.1. The molecule has 0 aromatic heterocycles. The summed E-state index contributed by atoms with van der Waals surface area (Å²) in [7, 11) is 0. The number of aliphatic carboxylic acids is 1. The van der Waals surface area contributed by atoms with Gasteiger partial charge in [-0.3, -0.25) is 34.2 Å².